The van der Waals surface area contributed by atoms with E-state index in [1.54, 1.807) is 12.1 Å². The molecule has 1 aliphatic rings. The summed E-state index contributed by atoms with van der Waals surface area (Å²) in [5.74, 6) is -0.273. The van der Waals surface area contributed by atoms with E-state index in [-0.39, 0.29) is 0 Å². The maximum atomic E-state index is 11.5. The summed E-state index contributed by atoms with van der Waals surface area (Å²) in [6, 6.07) is 7.19. The Bertz CT molecular complexity index is 441. The van der Waals surface area contributed by atoms with E-state index in [0.717, 1.165) is 12.0 Å². The summed E-state index contributed by atoms with van der Waals surface area (Å²) < 4.78 is 16.3. The number of amides is 1. The molecule has 1 amide bonds. The number of benzene rings is 1. The van der Waals surface area contributed by atoms with Gasteiger partial charge in [0.2, 0.25) is 0 Å². The Morgan fingerprint density at radius 3 is 2.84 bits per heavy atom. The molecule has 0 unspecified atom stereocenters. The maximum Gasteiger partial charge on any atom is 0.412 e. The summed E-state index contributed by atoms with van der Waals surface area (Å²) in [6.45, 7) is 5.58. The first kappa shape index (κ1) is 13.8. The minimum Gasteiger partial charge on any atom is -0.410 e. The van der Waals surface area contributed by atoms with Gasteiger partial charge in [-0.15, -0.1) is 0 Å². The van der Waals surface area contributed by atoms with Crippen molar-refractivity contribution in [2.75, 3.05) is 19.8 Å². The Hall–Kier alpha value is -1.59. The molecule has 1 fully saturated rings. The van der Waals surface area contributed by atoms with Gasteiger partial charge in [-0.05, 0) is 25.5 Å². The van der Waals surface area contributed by atoms with E-state index in [0.29, 0.717) is 25.5 Å². The zero-order valence-electron chi connectivity index (χ0n) is 11.3. The zero-order valence-corrected chi connectivity index (χ0v) is 11.3. The lowest BCUT2D eigenvalue weighted by atomic mass is 10.1. The van der Waals surface area contributed by atoms with Gasteiger partial charge < -0.3 is 19.5 Å². The Kier molecular flexibility index (Phi) is 4.39. The fourth-order valence-electron chi connectivity index (χ4n) is 1.89. The third-order valence-corrected chi connectivity index (χ3v) is 2.93. The first-order valence-electron chi connectivity index (χ1n) is 6.48. The molecule has 0 bridgehead atoms. The van der Waals surface area contributed by atoms with Crippen molar-refractivity contribution in [2.24, 2.45) is 0 Å². The zero-order chi connectivity index (χ0) is 13.7. The van der Waals surface area contributed by atoms with Crippen molar-refractivity contribution >= 4 is 6.09 Å². The van der Waals surface area contributed by atoms with Crippen molar-refractivity contribution in [3.63, 3.8) is 0 Å². The van der Waals surface area contributed by atoms with E-state index in [2.05, 4.69) is 5.32 Å². The fourth-order valence-corrected chi connectivity index (χ4v) is 1.89. The normalized spacial score (nSPS) is 17.2. The van der Waals surface area contributed by atoms with Crippen LogP contribution in [0.25, 0.3) is 0 Å². The first-order valence-corrected chi connectivity index (χ1v) is 6.48. The average Bonchev–Trinajstić information content (AvgIpc) is 2.85. The molecule has 1 aliphatic heterocycles. The van der Waals surface area contributed by atoms with Crippen LogP contribution in [-0.4, -0.2) is 25.9 Å². The van der Waals surface area contributed by atoms with Crippen LogP contribution in [0.2, 0.25) is 0 Å². The molecule has 1 aromatic carbocycles. The molecule has 0 spiro atoms. The van der Waals surface area contributed by atoms with Gasteiger partial charge >= 0.3 is 6.09 Å². The molecular formula is C14H19NO4. The summed E-state index contributed by atoms with van der Waals surface area (Å²) in [5.41, 5.74) is 0.839. The number of hydrogen-bond donors (Lipinski definition) is 1. The second-order valence-corrected chi connectivity index (χ2v) is 4.49. The third kappa shape index (κ3) is 3.45. The third-order valence-electron chi connectivity index (χ3n) is 2.93. The molecule has 0 saturated carbocycles. The van der Waals surface area contributed by atoms with E-state index in [9.17, 15) is 4.79 Å². The molecule has 2 rings (SSSR count). The SMILES string of the molecule is CCCNC(=O)Oc1cccc(C2(C)OCCO2)c1. The van der Waals surface area contributed by atoms with Crippen molar-refractivity contribution in [1.29, 1.82) is 0 Å². The van der Waals surface area contributed by atoms with Crippen molar-refractivity contribution in [2.45, 2.75) is 26.1 Å². The highest BCUT2D eigenvalue weighted by molar-refractivity contribution is 5.70. The number of nitrogens with one attached hydrogen (secondary N) is 1. The van der Waals surface area contributed by atoms with Gasteiger partial charge in [-0.2, -0.15) is 0 Å². The first-order chi connectivity index (χ1) is 9.14. The topological polar surface area (TPSA) is 56.8 Å². The van der Waals surface area contributed by atoms with Crippen molar-refractivity contribution in [3.05, 3.63) is 29.8 Å². The minimum atomic E-state index is -0.751. The predicted octanol–water partition coefficient (Wildman–Crippen LogP) is 2.40. The molecule has 104 valence electrons. The Morgan fingerprint density at radius 2 is 2.16 bits per heavy atom. The monoisotopic (exact) mass is 265 g/mol. The van der Waals surface area contributed by atoms with Gasteiger partial charge in [0.1, 0.15) is 5.75 Å². The smallest absolute Gasteiger partial charge is 0.410 e. The molecule has 5 nitrogen and oxygen atoms in total. The lowest BCUT2D eigenvalue weighted by Crippen LogP contribution is -2.27. The van der Waals surface area contributed by atoms with Gasteiger partial charge in [0.15, 0.2) is 5.79 Å². The van der Waals surface area contributed by atoms with Crippen LogP contribution in [0.4, 0.5) is 4.79 Å². The number of carbonyl (C=O) groups is 1. The molecule has 1 heterocycles. The largest absolute Gasteiger partial charge is 0.412 e. The lowest BCUT2D eigenvalue weighted by molar-refractivity contribution is -0.149. The molecule has 0 atom stereocenters. The second kappa shape index (κ2) is 6.04. The standard InChI is InChI=1S/C14H19NO4/c1-3-7-15-13(16)19-12-6-4-5-11(10-12)14(2)17-8-9-18-14/h4-6,10H,3,7-9H2,1-2H3,(H,15,16). The van der Waals surface area contributed by atoms with Crippen LogP contribution < -0.4 is 10.1 Å². The van der Waals surface area contributed by atoms with Crippen LogP contribution in [0, 0.1) is 0 Å². The van der Waals surface area contributed by atoms with Crippen molar-refractivity contribution < 1.29 is 19.0 Å². The fraction of sp³-hybridized carbons (Fsp3) is 0.500. The molecular weight excluding hydrogens is 246 g/mol. The molecule has 19 heavy (non-hydrogen) atoms. The van der Waals surface area contributed by atoms with Crippen LogP contribution in [-0.2, 0) is 15.3 Å². The molecule has 5 heteroatoms. The van der Waals surface area contributed by atoms with Gasteiger partial charge in [-0.3, -0.25) is 0 Å². The minimum absolute atomic E-state index is 0.447. The Morgan fingerprint density at radius 1 is 1.42 bits per heavy atom. The van der Waals surface area contributed by atoms with E-state index >= 15 is 0 Å². The van der Waals surface area contributed by atoms with Gasteiger partial charge in [0.05, 0.1) is 13.2 Å². The van der Waals surface area contributed by atoms with Gasteiger partial charge in [-0.1, -0.05) is 19.1 Å². The highest BCUT2D eigenvalue weighted by Gasteiger charge is 2.33. The van der Waals surface area contributed by atoms with Crippen molar-refractivity contribution in [1.82, 2.24) is 5.32 Å². The quantitative estimate of drug-likeness (QED) is 0.908. The van der Waals surface area contributed by atoms with Crippen LogP contribution >= 0.6 is 0 Å². The molecule has 0 radical (unpaired) electrons. The summed E-state index contributed by atoms with van der Waals surface area (Å²) in [5, 5.41) is 2.66. The van der Waals surface area contributed by atoms with Gasteiger partial charge in [0.25, 0.3) is 0 Å². The van der Waals surface area contributed by atoms with Crippen LogP contribution in [0.3, 0.4) is 0 Å². The highest BCUT2D eigenvalue weighted by atomic mass is 16.7. The maximum absolute atomic E-state index is 11.5. The summed E-state index contributed by atoms with van der Waals surface area (Å²) in [4.78, 5) is 11.5. The van der Waals surface area contributed by atoms with E-state index < -0.39 is 11.9 Å². The Labute approximate surface area is 112 Å². The summed E-state index contributed by atoms with van der Waals surface area (Å²) in [6.07, 6.45) is 0.423. The lowest BCUT2D eigenvalue weighted by Gasteiger charge is -2.23. The molecule has 0 aliphatic carbocycles. The van der Waals surface area contributed by atoms with Crippen LogP contribution in [0.5, 0.6) is 5.75 Å². The number of hydrogen-bond acceptors (Lipinski definition) is 4. The van der Waals surface area contributed by atoms with E-state index in [4.69, 9.17) is 14.2 Å². The molecule has 1 saturated heterocycles. The number of ether oxygens (including phenoxy) is 3. The van der Waals surface area contributed by atoms with E-state index in [1.807, 2.05) is 26.0 Å². The Balaban J connectivity index is 2.05. The molecule has 1 aromatic rings. The van der Waals surface area contributed by atoms with Crippen LogP contribution in [0.1, 0.15) is 25.8 Å². The molecule has 0 aromatic heterocycles. The van der Waals surface area contributed by atoms with Crippen molar-refractivity contribution in [3.8, 4) is 5.75 Å². The number of rotatable bonds is 4. The summed E-state index contributed by atoms with van der Waals surface area (Å²) in [7, 11) is 0. The second-order valence-electron chi connectivity index (χ2n) is 4.49. The average molecular weight is 265 g/mol. The number of carbonyl (C=O) groups excluding carboxylic acids is 1. The van der Waals surface area contributed by atoms with Gasteiger partial charge in [0, 0.05) is 12.1 Å². The highest BCUT2D eigenvalue weighted by Crippen LogP contribution is 2.32. The molecule has 1 N–H and O–H groups in total. The summed E-state index contributed by atoms with van der Waals surface area (Å²) >= 11 is 0. The van der Waals surface area contributed by atoms with E-state index in [1.165, 1.54) is 0 Å². The van der Waals surface area contributed by atoms with Gasteiger partial charge in [-0.25, -0.2) is 4.79 Å². The predicted molar refractivity (Wildman–Crippen MR) is 70.0 cm³/mol. The van der Waals surface area contributed by atoms with Crippen LogP contribution in [0.15, 0.2) is 24.3 Å².